The summed E-state index contributed by atoms with van der Waals surface area (Å²) in [6.45, 7) is 2.24. The van der Waals surface area contributed by atoms with E-state index in [4.69, 9.17) is 9.15 Å². The van der Waals surface area contributed by atoms with Gasteiger partial charge < -0.3 is 19.8 Å². The molecule has 0 aliphatic carbocycles. The molecular formula is C21H21N3O4. The average Bonchev–Trinajstić information content (AvgIpc) is 3.27. The molecule has 0 saturated carbocycles. The van der Waals surface area contributed by atoms with Crippen molar-refractivity contribution in [3.05, 3.63) is 83.9 Å². The van der Waals surface area contributed by atoms with Crippen molar-refractivity contribution in [1.82, 2.24) is 15.6 Å². The highest BCUT2D eigenvalue weighted by Gasteiger charge is 2.17. The van der Waals surface area contributed by atoms with Crippen LogP contribution in [0.5, 0.6) is 5.88 Å². The molecule has 144 valence electrons. The fourth-order valence-corrected chi connectivity index (χ4v) is 2.49. The third kappa shape index (κ3) is 5.20. The predicted molar refractivity (Wildman–Crippen MR) is 102 cm³/mol. The van der Waals surface area contributed by atoms with Crippen LogP contribution >= 0.6 is 0 Å². The first-order chi connectivity index (χ1) is 13.6. The molecule has 0 aliphatic rings. The first-order valence-electron chi connectivity index (χ1n) is 8.85. The van der Waals surface area contributed by atoms with E-state index in [9.17, 15) is 9.59 Å². The topological polar surface area (TPSA) is 93.5 Å². The number of pyridine rings is 1. The van der Waals surface area contributed by atoms with Gasteiger partial charge in [0, 0.05) is 18.3 Å². The number of rotatable bonds is 8. The molecule has 2 amide bonds. The summed E-state index contributed by atoms with van der Waals surface area (Å²) in [5, 5.41) is 5.41. The highest BCUT2D eigenvalue weighted by molar-refractivity contribution is 5.97. The van der Waals surface area contributed by atoms with Gasteiger partial charge in [-0.1, -0.05) is 36.4 Å². The average molecular weight is 379 g/mol. The third-order valence-corrected chi connectivity index (χ3v) is 4.05. The quantitative estimate of drug-likeness (QED) is 0.628. The van der Waals surface area contributed by atoms with Gasteiger partial charge >= 0.3 is 0 Å². The minimum Gasteiger partial charge on any atom is -0.473 e. The SMILES string of the molecule is C[C@@H](NC(=O)c1ccoc1)C(=O)NCc1cccnc1OCc1ccccc1. The lowest BCUT2D eigenvalue weighted by molar-refractivity contribution is -0.122. The van der Waals surface area contributed by atoms with Crippen LogP contribution in [0.1, 0.15) is 28.4 Å². The molecule has 28 heavy (non-hydrogen) atoms. The van der Waals surface area contributed by atoms with Crippen LogP contribution in [0, 0.1) is 0 Å². The van der Waals surface area contributed by atoms with E-state index in [2.05, 4.69) is 15.6 Å². The molecule has 0 aliphatic heterocycles. The van der Waals surface area contributed by atoms with E-state index < -0.39 is 6.04 Å². The Morgan fingerprint density at radius 2 is 1.96 bits per heavy atom. The van der Waals surface area contributed by atoms with Crippen LogP contribution in [0.2, 0.25) is 0 Å². The maximum atomic E-state index is 12.3. The van der Waals surface area contributed by atoms with Gasteiger partial charge in [-0.15, -0.1) is 0 Å². The summed E-state index contributed by atoms with van der Waals surface area (Å²) in [7, 11) is 0. The number of amides is 2. The van der Waals surface area contributed by atoms with Crippen molar-refractivity contribution < 1.29 is 18.7 Å². The Labute approximate surface area is 162 Å². The van der Waals surface area contributed by atoms with E-state index in [1.165, 1.54) is 18.6 Å². The Kier molecular flexibility index (Phi) is 6.41. The molecule has 2 aromatic heterocycles. The van der Waals surface area contributed by atoms with E-state index in [1.807, 2.05) is 36.4 Å². The van der Waals surface area contributed by atoms with Crippen molar-refractivity contribution in [3.63, 3.8) is 0 Å². The van der Waals surface area contributed by atoms with Gasteiger partial charge in [0.25, 0.3) is 5.91 Å². The number of aromatic nitrogens is 1. The highest BCUT2D eigenvalue weighted by atomic mass is 16.5. The summed E-state index contributed by atoms with van der Waals surface area (Å²) in [6.07, 6.45) is 4.37. The lowest BCUT2D eigenvalue weighted by Gasteiger charge is -2.15. The van der Waals surface area contributed by atoms with E-state index in [1.54, 1.807) is 19.2 Å². The zero-order valence-electron chi connectivity index (χ0n) is 15.4. The Morgan fingerprint density at radius 3 is 2.71 bits per heavy atom. The number of nitrogens with zero attached hydrogens (tertiary/aromatic N) is 1. The molecule has 0 fully saturated rings. The van der Waals surface area contributed by atoms with Crippen molar-refractivity contribution in [3.8, 4) is 5.88 Å². The molecule has 3 aromatic rings. The Morgan fingerprint density at radius 1 is 1.14 bits per heavy atom. The number of benzene rings is 1. The Hall–Kier alpha value is -3.61. The van der Waals surface area contributed by atoms with Crippen LogP contribution in [0.3, 0.4) is 0 Å². The van der Waals surface area contributed by atoms with Crippen LogP contribution in [-0.2, 0) is 17.9 Å². The largest absolute Gasteiger partial charge is 0.473 e. The Bertz CT molecular complexity index is 910. The van der Waals surface area contributed by atoms with Crippen LogP contribution < -0.4 is 15.4 Å². The molecule has 3 rings (SSSR count). The van der Waals surface area contributed by atoms with Crippen LogP contribution in [0.15, 0.2) is 71.7 Å². The first-order valence-corrected chi connectivity index (χ1v) is 8.85. The minimum atomic E-state index is -0.701. The van der Waals surface area contributed by atoms with E-state index in [-0.39, 0.29) is 18.4 Å². The van der Waals surface area contributed by atoms with E-state index in [0.717, 1.165) is 11.1 Å². The number of ether oxygens (including phenoxy) is 1. The zero-order chi connectivity index (χ0) is 19.8. The zero-order valence-corrected chi connectivity index (χ0v) is 15.4. The summed E-state index contributed by atoms with van der Waals surface area (Å²) < 4.78 is 10.7. The molecule has 2 heterocycles. The molecule has 0 radical (unpaired) electrons. The molecule has 0 saturated heterocycles. The van der Waals surface area contributed by atoms with E-state index in [0.29, 0.717) is 18.1 Å². The smallest absolute Gasteiger partial charge is 0.255 e. The fourth-order valence-electron chi connectivity index (χ4n) is 2.49. The number of hydrogen-bond acceptors (Lipinski definition) is 5. The molecular weight excluding hydrogens is 358 g/mol. The third-order valence-electron chi connectivity index (χ3n) is 4.05. The molecule has 7 nitrogen and oxygen atoms in total. The summed E-state index contributed by atoms with van der Waals surface area (Å²) in [6, 6.07) is 14.2. The van der Waals surface area contributed by atoms with Crippen molar-refractivity contribution in [2.75, 3.05) is 0 Å². The second-order valence-corrected chi connectivity index (χ2v) is 6.17. The lowest BCUT2D eigenvalue weighted by Crippen LogP contribution is -2.44. The maximum absolute atomic E-state index is 12.3. The lowest BCUT2D eigenvalue weighted by atomic mass is 10.2. The Balaban J connectivity index is 1.53. The van der Waals surface area contributed by atoms with Gasteiger partial charge in [-0.2, -0.15) is 0 Å². The summed E-state index contributed by atoms with van der Waals surface area (Å²) in [5.41, 5.74) is 2.14. The highest BCUT2D eigenvalue weighted by Crippen LogP contribution is 2.16. The molecule has 0 unspecified atom stereocenters. The minimum absolute atomic E-state index is 0.239. The molecule has 2 N–H and O–H groups in total. The number of carbonyl (C=O) groups is 2. The van der Waals surface area contributed by atoms with Gasteiger partial charge in [-0.05, 0) is 24.6 Å². The number of hydrogen-bond donors (Lipinski definition) is 2. The van der Waals surface area contributed by atoms with Crippen LogP contribution in [-0.4, -0.2) is 22.8 Å². The molecule has 1 atom stereocenters. The number of furan rings is 1. The van der Waals surface area contributed by atoms with Gasteiger partial charge in [-0.25, -0.2) is 4.98 Å². The van der Waals surface area contributed by atoms with Gasteiger partial charge in [0.15, 0.2) is 0 Å². The van der Waals surface area contributed by atoms with Crippen LogP contribution in [0.4, 0.5) is 0 Å². The molecule has 7 heteroatoms. The standard InChI is InChI=1S/C21H21N3O4/c1-15(24-20(26)18-9-11-27-14-18)19(25)23-12-17-8-5-10-22-21(17)28-13-16-6-3-2-4-7-16/h2-11,14-15H,12-13H2,1H3,(H,23,25)(H,24,26)/t15-/m1/s1. The van der Waals surface area contributed by atoms with Gasteiger partial charge in [0.05, 0.1) is 11.8 Å². The maximum Gasteiger partial charge on any atom is 0.255 e. The summed E-state index contributed by atoms with van der Waals surface area (Å²) in [5.74, 6) is -0.221. The normalized spacial score (nSPS) is 11.5. The number of carbonyl (C=O) groups excluding carboxylic acids is 2. The monoisotopic (exact) mass is 379 g/mol. The van der Waals surface area contributed by atoms with E-state index >= 15 is 0 Å². The first kappa shape index (κ1) is 19.2. The summed E-state index contributed by atoms with van der Waals surface area (Å²) in [4.78, 5) is 28.5. The molecule has 0 spiro atoms. The molecule has 0 bridgehead atoms. The van der Waals surface area contributed by atoms with Gasteiger partial charge in [0.1, 0.15) is 18.9 Å². The second kappa shape index (κ2) is 9.36. The van der Waals surface area contributed by atoms with Crippen molar-refractivity contribution in [1.29, 1.82) is 0 Å². The number of nitrogens with one attached hydrogen (secondary N) is 2. The van der Waals surface area contributed by atoms with Gasteiger partial charge in [0.2, 0.25) is 11.8 Å². The fraction of sp³-hybridized carbons (Fsp3) is 0.190. The second-order valence-electron chi connectivity index (χ2n) is 6.17. The molecule has 1 aromatic carbocycles. The van der Waals surface area contributed by atoms with Crippen molar-refractivity contribution >= 4 is 11.8 Å². The predicted octanol–water partition coefficient (Wildman–Crippen LogP) is 2.69. The van der Waals surface area contributed by atoms with Crippen LogP contribution in [0.25, 0.3) is 0 Å². The van der Waals surface area contributed by atoms with Gasteiger partial charge in [-0.3, -0.25) is 9.59 Å². The van der Waals surface area contributed by atoms with Crippen molar-refractivity contribution in [2.24, 2.45) is 0 Å². The summed E-state index contributed by atoms with van der Waals surface area (Å²) >= 11 is 0. The van der Waals surface area contributed by atoms with Crippen molar-refractivity contribution in [2.45, 2.75) is 26.1 Å².